The van der Waals surface area contributed by atoms with Crippen molar-refractivity contribution in [3.05, 3.63) is 325 Å². The molecular weight excluding hydrogens is 1500 g/mol. The van der Waals surface area contributed by atoms with Gasteiger partial charge in [0, 0.05) is 67.0 Å². The minimum absolute atomic E-state index is 1.16. The second-order valence-corrected chi connectivity index (χ2v) is 25.2. The maximum Gasteiger partial charge on any atom is 0.369 e. The first-order chi connectivity index (χ1) is 60.3. The van der Waals surface area contributed by atoms with Gasteiger partial charge in [0.15, 0.2) is 0 Å². The third-order valence-corrected chi connectivity index (χ3v) is 18.9. The summed E-state index contributed by atoms with van der Waals surface area (Å²) in [5.41, 5.74) is 21.8. The smallest absolute Gasteiger partial charge is 0.321 e. The van der Waals surface area contributed by atoms with Crippen molar-refractivity contribution in [2.75, 3.05) is 0 Å². The van der Waals surface area contributed by atoms with Gasteiger partial charge in [0.05, 0.1) is 69.4 Å². The molecule has 662 valence electrons. The number of fused-ring (bicyclic) bond motifs is 15. The molecular formula is C114H164N9+3. The highest BCUT2D eigenvalue weighted by Gasteiger charge is 2.26. The monoisotopic (exact) mass is 1660 g/mol. The molecule has 0 N–H and O–H groups in total. The molecule has 0 aliphatic heterocycles. The molecule has 18 rings (SSSR count). The largest absolute Gasteiger partial charge is 0.369 e. The highest BCUT2D eigenvalue weighted by Crippen LogP contribution is 2.37. The number of aromatic nitrogens is 9. The Kier molecular flexibility index (Phi) is 55.9. The maximum absolute atomic E-state index is 2.38. The molecule has 0 aliphatic rings. The molecule has 18 aromatic rings. The van der Waals surface area contributed by atoms with E-state index in [-0.39, 0.29) is 0 Å². The van der Waals surface area contributed by atoms with Crippen molar-refractivity contribution in [2.24, 2.45) is 28.2 Å². The number of nitrogens with zero attached hydrogens (tertiary/aromatic N) is 9. The lowest BCUT2D eigenvalue weighted by Gasteiger charge is -2.12. The van der Waals surface area contributed by atoms with Crippen LogP contribution in [-0.4, -0.2) is 27.2 Å². The van der Waals surface area contributed by atoms with Gasteiger partial charge in [-0.2, -0.15) is 13.7 Å². The highest BCUT2D eigenvalue weighted by atomic mass is 15.3. The third kappa shape index (κ3) is 26.5. The van der Waals surface area contributed by atoms with E-state index in [1.54, 1.807) is 0 Å². The van der Waals surface area contributed by atoms with E-state index in [4.69, 9.17) is 0 Å². The maximum atomic E-state index is 2.38. The van der Waals surface area contributed by atoms with E-state index in [9.17, 15) is 0 Å². The number of pyridine rings is 3. The first-order valence-corrected chi connectivity index (χ1v) is 46.7. The van der Waals surface area contributed by atoms with Crippen LogP contribution in [0.25, 0.3) is 116 Å². The molecule has 123 heavy (non-hydrogen) atoms. The fourth-order valence-corrected chi connectivity index (χ4v) is 14.4. The highest BCUT2D eigenvalue weighted by molar-refractivity contribution is 6.14. The van der Waals surface area contributed by atoms with Gasteiger partial charge in [-0.1, -0.05) is 352 Å². The van der Waals surface area contributed by atoms with Gasteiger partial charge in [-0.3, -0.25) is 0 Å². The first-order valence-electron chi connectivity index (χ1n) is 46.7. The van der Waals surface area contributed by atoms with Crippen molar-refractivity contribution in [3.8, 4) is 23.1 Å². The fraction of sp³-hybridized carbons (Fsp3) is 0.342. The number of imidazole rings is 1. The molecule has 0 spiro atoms. The predicted molar refractivity (Wildman–Crippen MR) is 555 cm³/mol. The summed E-state index contributed by atoms with van der Waals surface area (Å²) >= 11 is 0. The average Bonchev–Trinajstić information content (AvgIpc) is 1.71. The molecule has 0 unspecified atom stereocenters. The van der Waals surface area contributed by atoms with Crippen LogP contribution in [0.3, 0.4) is 0 Å². The van der Waals surface area contributed by atoms with E-state index >= 15 is 0 Å². The summed E-state index contributed by atoms with van der Waals surface area (Å²) in [6.45, 7) is 71.1. The van der Waals surface area contributed by atoms with E-state index in [0.29, 0.717) is 0 Å². The predicted octanol–water partition coefficient (Wildman–Crippen LogP) is 33.4. The Balaban J connectivity index is 0.00000142. The third-order valence-electron chi connectivity index (χ3n) is 18.9. The van der Waals surface area contributed by atoms with Gasteiger partial charge in [0.25, 0.3) is 11.5 Å². The minimum atomic E-state index is 1.16. The summed E-state index contributed by atoms with van der Waals surface area (Å²) in [7, 11) is 8.38. The van der Waals surface area contributed by atoms with Crippen LogP contribution >= 0.6 is 0 Å². The van der Waals surface area contributed by atoms with E-state index in [0.717, 1.165) is 5.95 Å². The van der Waals surface area contributed by atoms with E-state index in [2.05, 4.69) is 403 Å². The van der Waals surface area contributed by atoms with Crippen molar-refractivity contribution in [1.82, 2.24) is 27.2 Å². The summed E-state index contributed by atoms with van der Waals surface area (Å²) in [6.07, 6.45) is 10.5. The van der Waals surface area contributed by atoms with E-state index in [1.807, 2.05) is 194 Å². The molecule has 0 amide bonds. The molecule has 0 radical (unpaired) electrons. The van der Waals surface area contributed by atoms with Crippen LogP contribution in [0, 0.1) is 48.5 Å². The topological polar surface area (TPSA) is 40.7 Å². The van der Waals surface area contributed by atoms with Crippen molar-refractivity contribution in [1.29, 1.82) is 0 Å². The fourth-order valence-electron chi connectivity index (χ4n) is 14.4. The summed E-state index contributed by atoms with van der Waals surface area (Å²) < 4.78 is 20.4. The van der Waals surface area contributed by atoms with Crippen molar-refractivity contribution < 1.29 is 13.7 Å². The summed E-state index contributed by atoms with van der Waals surface area (Å²) in [4.78, 5) is 0. The van der Waals surface area contributed by atoms with Crippen LogP contribution in [0.5, 0.6) is 0 Å². The van der Waals surface area contributed by atoms with Crippen molar-refractivity contribution in [2.45, 2.75) is 242 Å². The van der Waals surface area contributed by atoms with Crippen LogP contribution in [0.2, 0.25) is 0 Å². The Morgan fingerprint density at radius 1 is 0.220 bits per heavy atom. The minimum Gasteiger partial charge on any atom is -0.321 e. The Hall–Kier alpha value is -11.6. The number of para-hydroxylation sites is 8. The number of rotatable bonds is 4. The Morgan fingerprint density at radius 3 is 1.01 bits per heavy atom. The summed E-state index contributed by atoms with van der Waals surface area (Å²) in [6, 6.07) is 90.4. The molecule has 0 fully saturated rings. The Bertz CT molecular complexity index is 5720. The first kappa shape index (κ1) is 111. The van der Waals surface area contributed by atoms with E-state index in [1.165, 1.54) is 149 Å². The number of aryl methyl sites for hydroxylation is 11. The molecule has 0 saturated carbocycles. The molecule has 0 saturated heterocycles. The van der Waals surface area contributed by atoms with Crippen molar-refractivity contribution in [3.63, 3.8) is 0 Å². The van der Waals surface area contributed by atoms with Crippen LogP contribution in [-0.2, 0) is 28.2 Å². The van der Waals surface area contributed by atoms with E-state index < -0.39 is 0 Å². The quantitative estimate of drug-likeness (QED) is 0.124. The zero-order valence-corrected chi connectivity index (χ0v) is 84.2. The lowest BCUT2D eigenvalue weighted by atomic mass is 10.0. The van der Waals surface area contributed by atoms with Gasteiger partial charge >= 0.3 is 5.95 Å². The normalized spacial score (nSPS) is 9.42. The van der Waals surface area contributed by atoms with Crippen LogP contribution < -0.4 is 13.7 Å². The second-order valence-electron chi connectivity index (χ2n) is 25.2. The molecule has 9 heteroatoms. The Labute approximate surface area is 747 Å². The summed E-state index contributed by atoms with van der Waals surface area (Å²) in [5.74, 6) is 2.34. The standard InChI is InChI=1S/2C19H17N2.C18H18N3.C18H15N.C12H13N.14C2H6/c1-14-8-3-5-11-17(14)21-18-12-6-4-9-15(18)16-10-7-13-20(2)19(16)21;1-14-8-7-10-16-15-9-3-4-11-17(15)21(19(14)16)18-12-5-6-13-20(18)2;1-13-7-6-9-15-14-8-4-5-10-16(14)21(17(13)15)18-19(2)11-12-20(18)3;1-12-6-5-9-16-14-7-3-4-8-15(14)17-11-10-13(2)19(17)18(12)16;1-10-6-3-4-8-12(10)13-9-5-7-11(13)2;14*1-2/h2*3-13H,1-2H3;4-12H,1-3H3;3-11H,1-2H3;3-9H,1-2H3;14*1-2H3/q3*+1;;;;;;;;;;;;;;;;. The molecule has 9 nitrogen and oxygen atoms in total. The van der Waals surface area contributed by atoms with Gasteiger partial charge in [-0.25, -0.2) is 18.3 Å². The summed E-state index contributed by atoms with van der Waals surface area (Å²) in [5, 5.41) is 11.8. The van der Waals surface area contributed by atoms with Crippen LogP contribution in [0.1, 0.15) is 233 Å². The lowest BCUT2D eigenvalue weighted by Crippen LogP contribution is -2.33. The van der Waals surface area contributed by atoms with Gasteiger partial charge < -0.3 is 8.97 Å². The molecule has 9 aromatic carbocycles. The molecule has 0 atom stereocenters. The van der Waals surface area contributed by atoms with Gasteiger partial charge in [-0.05, 0) is 173 Å². The van der Waals surface area contributed by atoms with Gasteiger partial charge in [0.2, 0.25) is 0 Å². The zero-order chi connectivity index (χ0) is 93.6. The number of benzene rings is 9. The molecule has 0 aliphatic carbocycles. The molecule has 9 aromatic heterocycles. The number of hydrogen-bond donors (Lipinski definition) is 0. The Morgan fingerprint density at radius 2 is 0.569 bits per heavy atom. The van der Waals surface area contributed by atoms with Gasteiger partial charge in [0.1, 0.15) is 33.3 Å². The average molecular weight is 1660 g/mol. The number of hydrogen-bond acceptors (Lipinski definition) is 0. The second kappa shape index (κ2) is 61.7. The lowest BCUT2D eigenvalue weighted by molar-refractivity contribution is -0.665. The SMILES string of the molecule is CC.CC.CC.CC.CC.CC.CC.CC.CC.CC.CC.CC.CC.CC.Cc1cccc2c3ccccc3c3ccc(C)n3c12.Cc1cccc2c3ccccc3n(-c3cccc[n+]3C)c12.Cc1cccc2c3ccccc3n(-c3n(C)cc[n+]3C)c12.Cc1ccccc1-n1c2ccccc2c2ccc[n+](C)c21.Cc1ccccc1-n1cccc1C. The molecule has 9 heterocycles. The molecule has 0 bridgehead atoms. The zero-order valence-electron chi connectivity index (χ0n) is 84.2. The van der Waals surface area contributed by atoms with Crippen molar-refractivity contribution >= 4 is 92.7 Å². The van der Waals surface area contributed by atoms with Gasteiger partial charge in [-0.15, -0.1) is 0 Å². The van der Waals surface area contributed by atoms with Crippen LogP contribution in [0.4, 0.5) is 0 Å². The van der Waals surface area contributed by atoms with Crippen LogP contribution in [0.15, 0.2) is 286 Å².